The molecule has 2 atom stereocenters. The normalized spacial score (nSPS) is 15.8. The molecule has 2 aromatic rings. The van der Waals surface area contributed by atoms with Crippen molar-refractivity contribution in [1.29, 1.82) is 0 Å². The molecule has 0 radical (unpaired) electrons. The minimum absolute atomic E-state index is 0.0293. The molecule has 1 aromatic heterocycles. The summed E-state index contributed by atoms with van der Waals surface area (Å²) >= 11 is 0. The van der Waals surface area contributed by atoms with Crippen LogP contribution in [-0.4, -0.2) is 34.2 Å². The zero-order chi connectivity index (χ0) is 25.7. The number of nitrogens with zero attached hydrogens (tertiary/aromatic N) is 5. The first kappa shape index (κ1) is 26.8. The lowest BCUT2D eigenvalue weighted by Gasteiger charge is -2.21. The van der Waals surface area contributed by atoms with E-state index in [-0.39, 0.29) is 17.4 Å². The SMILES string of the molecule is CCCCc1c(C(C)CC)nc2n(c1=O)N=C(C(C)CC)C2=Nc1ccc(N(CC)CC)cc1C. The van der Waals surface area contributed by atoms with Gasteiger partial charge in [-0.1, -0.05) is 41.0 Å². The standard InChI is InChI=1S/C29H43N5O/c1-9-14-15-23-25(19(6)10-2)31-28-27(26(20(7)11-3)32-34(28)29(23)35)30-24-17-16-22(18-21(24)8)33(12-4)13-5/h16-20H,9-15H2,1-8H3. The van der Waals surface area contributed by atoms with Gasteiger partial charge in [-0.05, 0) is 76.1 Å². The molecule has 2 heterocycles. The Hall–Kier alpha value is -2.76. The molecule has 2 unspecified atom stereocenters. The maximum absolute atomic E-state index is 13.7. The van der Waals surface area contributed by atoms with E-state index < -0.39 is 0 Å². The highest BCUT2D eigenvalue weighted by Gasteiger charge is 2.32. The van der Waals surface area contributed by atoms with Gasteiger partial charge in [0.15, 0.2) is 5.82 Å². The van der Waals surface area contributed by atoms with Gasteiger partial charge in [0.2, 0.25) is 0 Å². The maximum Gasteiger partial charge on any atom is 0.277 e. The molecule has 6 nitrogen and oxygen atoms in total. The fourth-order valence-electron chi connectivity index (χ4n) is 4.57. The van der Waals surface area contributed by atoms with Crippen LogP contribution in [0.25, 0.3) is 0 Å². The quantitative estimate of drug-likeness (QED) is 0.364. The van der Waals surface area contributed by atoms with Gasteiger partial charge >= 0.3 is 0 Å². The van der Waals surface area contributed by atoms with Gasteiger partial charge in [0.25, 0.3) is 5.56 Å². The van der Waals surface area contributed by atoms with Crippen LogP contribution in [0.3, 0.4) is 0 Å². The van der Waals surface area contributed by atoms with E-state index in [2.05, 4.69) is 78.5 Å². The van der Waals surface area contributed by atoms with Crippen molar-refractivity contribution in [2.75, 3.05) is 18.0 Å². The molecule has 0 bridgehead atoms. The molecule has 0 fully saturated rings. The number of hydrogen-bond donors (Lipinski definition) is 0. The van der Waals surface area contributed by atoms with Crippen LogP contribution in [0.15, 0.2) is 33.1 Å². The Labute approximate surface area is 211 Å². The van der Waals surface area contributed by atoms with Crippen LogP contribution in [0.5, 0.6) is 0 Å². The molecule has 0 saturated carbocycles. The van der Waals surface area contributed by atoms with E-state index in [1.54, 1.807) is 0 Å². The summed E-state index contributed by atoms with van der Waals surface area (Å²) in [6, 6.07) is 6.41. The second kappa shape index (κ2) is 11.8. The molecule has 0 N–H and O–H groups in total. The third-order valence-corrected chi connectivity index (χ3v) is 7.33. The molecule has 1 aliphatic rings. The zero-order valence-electron chi connectivity index (χ0n) is 23.0. The lowest BCUT2D eigenvalue weighted by Crippen LogP contribution is -2.28. The lowest BCUT2D eigenvalue weighted by molar-refractivity contribution is 0.648. The van der Waals surface area contributed by atoms with Crippen LogP contribution in [0.2, 0.25) is 0 Å². The average Bonchev–Trinajstić information content (AvgIpc) is 3.23. The van der Waals surface area contributed by atoms with Gasteiger partial charge in [0, 0.05) is 30.3 Å². The van der Waals surface area contributed by atoms with Gasteiger partial charge in [0.1, 0.15) is 5.71 Å². The summed E-state index contributed by atoms with van der Waals surface area (Å²) in [5, 5.41) is 4.82. The molecule has 190 valence electrons. The summed E-state index contributed by atoms with van der Waals surface area (Å²) in [6.45, 7) is 19.1. The topological polar surface area (TPSA) is 62.9 Å². The molecule has 3 rings (SSSR count). The van der Waals surface area contributed by atoms with E-state index >= 15 is 0 Å². The van der Waals surface area contributed by atoms with E-state index in [0.717, 1.165) is 79.1 Å². The van der Waals surface area contributed by atoms with Crippen molar-refractivity contribution in [3.8, 4) is 0 Å². The number of aliphatic imine (C=N–C) groups is 1. The van der Waals surface area contributed by atoms with Gasteiger partial charge < -0.3 is 4.90 Å². The second-order valence-corrected chi connectivity index (χ2v) is 9.73. The zero-order valence-corrected chi connectivity index (χ0v) is 23.0. The second-order valence-electron chi connectivity index (χ2n) is 9.73. The molecule has 0 saturated heterocycles. The molecule has 35 heavy (non-hydrogen) atoms. The number of fused-ring (bicyclic) bond motifs is 1. The highest BCUT2D eigenvalue weighted by molar-refractivity contribution is 6.49. The number of benzene rings is 1. The van der Waals surface area contributed by atoms with Gasteiger partial charge in [-0.25, -0.2) is 9.98 Å². The predicted molar refractivity (Wildman–Crippen MR) is 149 cm³/mol. The number of unbranched alkanes of at least 4 members (excludes halogenated alkanes) is 1. The maximum atomic E-state index is 13.7. The first-order valence-corrected chi connectivity index (χ1v) is 13.5. The number of rotatable bonds is 11. The Bertz CT molecular complexity index is 1160. The molecule has 1 aliphatic heterocycles. The third kappa shape index (κ3) is 5.41. The smallest absolute Gasteiger partial charge is 0.277 e. The predicted octanol–water partition coefficient (Wildman–Crippen LogP) is 6.64. The Kier molecular flexibility index (Phi) is 9.03. The first-order valence-electron chi connectivity index (χ1n) is 13.5. The Morgan fingerprint density at radius 1 is 1.03 bits per heavy atom. The van der Waals surface area contributed by atoms with Crippen molar-refractivity contribution in [3.05, 3.63) is 51.2 Å². The third-order valence-electron chi connectivity index (χ3n) is 7.33. The van der Waals surface area contributed by atoms with Crippen molar-refractivity contribution in [2.24, 2.45) is 16.0 Å². The van der Waals surface area contributed by atoms with Gasteiger partial charge in [-0.2, -0.15) is 9.78 Å². The van der Waals surface area contributed by atoms with Crippen LogP contribution in [0.1, 0.15) is 103 Å². The molecular weight excluding hydrogens is 434 g/mol. The summed E-state index contributed by atoms with van der Waals surface area (Å²) < 4.78 is 1.52. The summed E-state index contributed by atoms with van der Waals surface area (Å²) in [5.41, 5.74) is 6.50. The minimum atomic E-state index is -0.0293. The van der Waals surface area contributed by atoms with Crippen molar-refractivity contribution < 1.29 is 0 Å². The molecule has 1 aromatic carbocycles. The van der Waals surface area contributed by atoms with E-state index in [4.69, 9.17) is 15.1 Å². The van der Waals surface area contributed by atoms with Gasteiger partial charge in [-0.15, -0.1) is 0 Å². The Morgan fingerprint density at radius 3 is 2.29 bits per heavy atom. The number of aryl methyl sites for hydroxylation is 1. The van der Waals surface area contributed by atoms with Crippen LogP contribution in [0.4, 0.5) is 11.4 Å². The van der Waals surface area contributed by atoms with E-state index in [0.29, 0.717) is 5.82 Å². The first-order chi connectivity index (χ1) is 16.8. The Balaban J connectivity index is 2.21. The van der Waals surface area contributed by atoms with Crippen LogP contribution in [-0.2, 0) is 6.42 Å². The number of aromatic nitrogens is 2. The van der Waals surface area contributed by atoms with Crippen LogP contribution >= 0.6 is 0 Å². The van der Waals surface area contributed by atoms with E-state index in [9.17, 15) is 4.79 Å². The molecule has 0 spiro atoms. The molecule has 0 aliphatic carbocycles. The van der Waals surface area contributed by atoms with Crippen LogP contribution < -0.4 is 10.5 Å². The van der Waals surface area contributed by atoms with Crippen molar-refractivity contribution >= 4 is 22.8 Å². The van der Waals surface area contributed by atoms with Crippen molar-refractivity contribution in [1.82, 2.24) is 9.66 Å². The summed E-state index contributed by atoms with van der Waals surface area (Å²) in [6.07, 6.45) is 4.61. The number of anilines is 1. The average molecular weight is 478 g/mol. The van der Waals surface area contributed by atoms with Gasteiger partial charge in [0.05, 0.1) is 17.1 Å². The fraction of sp³-hybridized carbons (Fsp3) is 0.586. The summed E-state index contributed by atoms with van der Waals surface area (Å²) in [4.78, 5) is 26.2. The lowest BCUT2D eigenvalue weighted by atomic mass is 9.96. The van der Waals surface area contributed by atoms with Gasteiger partial charge in [-0.3, -0.25) is 4.79 Å². The number of hydrogen-bond acceptors (Lipinski definition) is 5. The molecule has 6 heteroatoms. The minimum Gasteiger partial charge on any atom is -0.372 e. The van der Waals surface area contributed by atoms with E-state index in [1.165, 1.54) is 10.4 Å². The fourth-order valence-corrected chi connectivity index (χ4v) is 4.57. The van der Waals surface area contributed by atoms with Crippen molar-refractivity contribution in [3.63, 3.8) is 0 Å². The van der Waals surface area contributed by atoms with E-state index in [1.807, 2.05) is 0 Å². The Morgan fingerprint density at radius 2 is 1.71 bits per heavy atom. The summed E-state index contributed by atoms with van der Waals surface area (Å²) in [5.74, 6) is 0.980. The largest absolute Gasteiger partial charge is 0.372 e. The van der Waals surface area contributed by atoms with Crippen LogP contribution in [0, 0.1) is 12.8 Å². The monoisotopic (exact) mass is 477 g/mol. The highest BCUT2D eigenvalue weighted by atomic mass is 16.1. The highest BCUT2D eigenvalue weighted by Crippen LogP contribution is 2.29. The summed E-state index contributed by atoms with van der Waals surface area (Å²) in [7, 11) is 0. The molecule has 0 amide bonds. The molecular formula is C29H43N5O. The van der Waals surface area contributed by atoms with Crippen molar-refractivity contribution in [2.45, 2.75) is 93.4 Å².